The maximum Gasteiger partial charge on any atom is 0.273 e. The zero-order chi connectivity index (χ0) is 18.5. The SMILES string of the molecule is O=C(NCCn1ccnc1-c1cnccn1)c1cc(-c2cccnc2)on1. The zero-order valence-electron chi connectivity index (χ0n) is 14.2. The van der Waals surface area contributed by atoms with Crippen molar-refractivity contribution in [1.29, 1.82) is 0 Å². The molecule has 9 nitrogen and oxygen atoms in total. The van der Waals surface area contributed by atoms with Gasteiger partial charge in [0.05, 0.1) is 6.20 Å². The highest BCUT2D eigenvalue weighted by molar-refractivity contribution is 5.93. The minimum Gasteiger partial charge on any atom is -0.355 e. The quantitative estimate of drug-likeness (QED) is 0.557. The average molecular weight is 361 g/mol. The van der Waals surface area contributed by atoms with Crippen LogP contribution >= 0.6 is 0 Å². The fourth-order valence-corrected chi connectivity index (χ4v) is 2.54. The molecule has 0 aliphatic carbocycles. The Morgan fingerprint density at radius 2 is 2.04 bits per heavy atom. The zero-order valence-corrected chi connectivity index (χ0v) is 14.2. The molecule has 0 saturated carbocycles. The highest BCUT2D eigenvalue weighted by Gasteiger charge is 2.14. The lowest BCUT2D eigenvalue weighted by atomic mass is 10.2. The van der Waals surface area contributed by atoms with Crippen LogP contribution in [0, 0.1) is 0 Å². The van der Waals surface area contributed by atoms with Crippen LogP contribution < -0.4 is 5.32 Å². The van der Waals surface area contributed by atoms with Gasteiger partial charge in [-0.1, -0.05) is 5.16 Å². The van der Waals surface area contributed by atoms with Crippen molar-refractivity contribution in [2.75, 3.05) is 6.54 Å². The highest BCUT2D eigenvalue weighted by Crippen LogP contribution is 2.18. The fraction of sp³-hybridized carbons (Fsp3) is 0.111. The first-order chi connectivity index (χ1) is 13.3. The van der Waals surface area contributed by atoms with Gasteiger partial charge in [-0.2, -0.15) is 0 Å². The molecule has 9 heteroatoms. The van der Waals surface area contributed by atoms with Gasteiger partial charge in [0.1, 0.15) is 5.69 Å². The van der Waals surface area contributed by atoms with E-state index in [-0.39, 0.29) is 11.6 Å². The summed E-state index contributed by atoms with van der Waals surface area (Å²) >= 11 is 0. The summed E-state index contributed by atoms with van der Waals surface area (Å²) in [6.07, 6.45) is 11.7. The predicted octanol–water partition coefficient (Wildman–Crippen LogP) is 1.82. The number of nitrogens with zero attached hydrogens (tertiary/aromatic N) is 6. The van der Waals surface area contributed by atoms with Crippen molar-refractivity contribution in [2.24, 2.45) is 0 Å². The Balaban J connectivity index is 1.37. The standard InChI is InChI=1S/C18H15N7O2/c26-18(14-10-16(27-24-14)13-2-1-3-19-11-13)23-7-9-25-8-6-22-17(25)15-12-20-4-5-21-15/h1-6,8,10-12H,7,9H2,(H,23,26). The highest BCUT2D eigenvalue weighted by atomic mass is 16.5. The summed E-state index contributed by atoms with van der Waals surface area (Å²) in [5.41, 5.74) is 1.65. The van der Waals surface area contributed by atoms with Gasteiger partial charge in [-0.15, -0.1) is 0 Å². The summed E-state index contributed by atoms with van der Waals surface area (Å²) in [6.45, 7) is 0.933. The van der Waals surface area contributed by atoms with Crippen LogP contribution in [-0.2, 0) is 6.54 Å². The van der Waals surface area contributed by atoms with Crippen LogP contribution in [0.3, 0.4) is 0 Å². The van der Waals surface area contributed by atoms with E-state index in [0.29, 0.717) is 30.4 Å². The first kappa shape index (κ1) is 16.6. The average Bonchev–Trinajstić information content (AvgIpc) is 3.39. The molecule has 0 radical (unpaired) electrons. The summed E-state index contributed by atoms with van der Waals surface area (Å²) in [7, 11) is 0. The van der Waals surface area contributed by atoms with Gasteiger partial charge in [-0.3, -0.25) is 14.8 Å². The van der Waals surface area contributed by atoms with Crippen molar-refractivity contribution in [3.05, 3.63) is 67.3 Å². The maximum absolute atomic E-state index is 12.3. The van der Waals surface area contributed by atoms with Gasteiger partial charge < -0.3 is 14.4 Å². The minimum atomic E-state index is -0.310. The predicted molar refractivity (Wildman–Crippen MR) is 95.3 cm³/mol. The number of nitrogens with one attached hydrogen (secondary N) is 1. The Morgan fingerprint density at radius 1 is 1.11 bits per heavy atom. The second-order valence-electron chi connectivity index (χ2n) is 5.61. The maximum atomic E-state index is 12.3. The fourth-order valence-electron chi connectivity index (χ4n) is 2.54. The van der Waals surface area contributed by atoms with Gasteiger partial charge in [-0.05, 0) is 12.1 Å². The third-order valence-electron chi connectivity index (χ3n) is 3.83. The summed E-state index contributed by atoms with van der Waals surface area (Å²) in [4.78, 5) is 28.9. The minimum absolute atomic E-state index is 0.216. The van der Waals surface area contributed by atoms with E-state index in [4.69, 9.17) is 4.52 Å². The van der Waals surface area contributed by atoms with E-state index in [1.54, 1.807) is 49.3 Å². The Morgan fingerprint density at radius 3 is 2.85 bits per heavy atom. The normalized spacial score (nSPS) is 10.7. The van der Waals surface area contributed by atoms with Gasteiger partial charge >= 0.3 is 0 Å². The molecule has 0 fully saturated rings. The van der Waals surface area contributed by atoms with E-state index >= 15 is 0 Å². The first-order valence-electron chi connectivity index (χ1n) is 8.24. The topological polar surface area (TPSA) is 112 Å². The Kier molecular flexibility index (Phi) is 4.64. The molecule has 4 aromatic rings. The lowest BCUT2D eigenvalue weighted by Crippen LogP contribution is -2.27. The molecule has 0 atom stereocenters. The molecule has 27 heavy (non-hydrogen) atoms. The molecule has 0 aliphatic rings. The van der Waals surface area contributed by atoms with E-state index in [1.807, 2.05) is 16.8 Å². The second kappa shape index (κ2) is 7.56. The number of hydrogen-bond acceptors (Lipinski definition) is 7. The van der Waals surface area contributed by atoms with Crippen LogP contribution in [0.4, 0.5) is 0 Å². The van der Waals surface area contributed by atoms with E-state index in [9.17, 15) is 4.79 Å². The van der Waals surface area contributed by atoms with E-state index in [0.717, 1.165) is 5.56 Å². The third kappa shape index (κ3) is 3.71. The van der Waals surface area contributed by atoms with Crippen LogP contribution in [0.2, 0.25) is 0 Å². The first-order valence-corrected chi connectivity index (χ1v) is 8.24. The van der Waals surface area contributed by atoms with E-state index < -0.39 is 0 Å². The number of carbonyl (C=O) groups excluding carboxylic acids is 1. The molecular weight excluding hydrogens is 346 g/mol. The van der Waals surface area contributed by atoms with Crippen LogP contribution in [0.15, 0.2) is 66.1 Å². The molecule has 0 aromatic carbocycles. The van der Waals surface area contributed by atoms with E-state index in [2.05, 4.69) is 30.4 Å². The lowest BCUT2D eigenvalue weighted by molar-refractivity contribution is 0.0943. The van der Waals surface area contributed by atoms with Crippen molar-refractivity contribution in [3.8, 4) is 22.8 Å². The van der Waals surface area contributed by atoms with Gasteiger partial charge in [-0.25, -0.2) is 9.97 Å². The van der Waals surface area contributed by atoms with Gasteiger partial charge in [0.25, 0.3) is 5.91 Å². The van der Waals surface area contributed by atoms with Crippen molar-refractivity contribution in [3.63, 3.8) is 0 Å². The molecule has 0 saturated heterocycles. The van der Waals surface area contributed by atoms with E-state index in [1.165, 1.54) is 0 Å². The molecule has 0 bridgehead atoms. The number of imidazole rings is 1. The number of carbonyl (C=O) groups is 1. The molecule has 0 unspecified atom stereocenters. The largest absolute Gasteiger partial charge is 0.355 e. The molecule has 0 aliphatic heterocycles. The molecule has 134 valence electrons. The number of hydrogen-bond donors (Lipinski definition) is 1. The van der Waals surface area contributed by atoms with Crippen molar-refractivity contribution in [1.82, 2.24) is 35.0 Å². The Hall–Kier alpha value is -3.88. The molecule has 1 amide bonds. The Labute approximate surface area is 154 Å². The van der Waals surface area contributed by atoms with Crippen LogP contribution in [0.25, 0.3) is 22.8 Å². The molecule has 4 heterocycles. The number of rotatable bonds is 6. The summed E-state index contributed by atoms with van der Waals surface area (Å²) in [5, 5.41) is 6.64. The molecule has 4 rings (SSSR count). The van der Waals surface area contributed by atoms with Crippen molar-refractivity contribution < 1.29 is 9.32 Å². The van der Waals surface area contributed by atoms with Gasteiger partial charge in [0.2, 0.25) is 0 Å². The molecule has 4 aromatic heterocycles. The van der Waals surface area contributed by atoms with Crippen LogP contribution in [0.1, 0.15) is 10.5 Å². The lowest BCUT2D eigenvalue weighted by Gasteiger charge is -2.07. The smallest absolute Gasteiger partial charge is 0.273 e. The molecule has 1 N–H and O–H groups in total. The number of aromatic nitrogens is 6. The van der Waals surface area contributed by atoms with Gasteiger partial charge in [0, 0.05) is 61.9 Å². The van der Waals surface area contributed by atoms with Crippen molar-refractivity contribution >= 4 is 5.91 Å². The monoisotopic (exact) mass is 361 g/mol. The van der Waals surface area contributed by atoms with Crippen LogP contribution in [-0.4, -0.2) is 42.1 Å². The second-order valence-corrected chi connectivity index (χ2v) is 5.61. The summed E-state index contributed by atoms with van der Waals surface area (Å²) in [6, 6.07) is 5.22. The summed E-state index contributed by atoms with van der Waals surface area (Å²) in [5.74, 6) is 0.875. The number of amides is 1. The molecular formula is C18H15N7O2. The van der Waals surface area contributed by atoms with Crippen molar-refractivity contribution in [2.45, 2.75) is 6.54 Å². The van der Waals surface area contributed by atoms with Crippen LogP contribution in [0.5, 0.6) is 0 Å². The van der Waals surface area contributed by atoms with Gasteiger partial charge in [0.15, 0.2) is 17.3 Å². The summed E-state index contributed by atoms with van der Waals surface area (Å²) < 4.78 is 7.12. The third-order valence-corrected chi connectivity index (χ3v) is 3.83. The molecule has 0 spiro atoms. The number of pyridine rings is 1. The Bertz CT molecular complexity index is 1030.